The average molecular weight is 205 g/mol. The summed E-state index contributed by atoms with van der Waals surface area (Å²) in [5.41, 5.74) is 1.24. The summed E-state index contributed by atoms with van der Waals surface area (Å²) in [6.45, 7) is 2.14. The monoisotopic (exact) mass is 205 g/mol. The molecule has 1 N–H and O–H groups in total. The Labute approximate surface area is 91.5 Å². The lowest BCUT2D eigenvalue weighted by Crippen LogP contribution is -2.21. The van der Waals surface area contributed by atoms with Crippen molar-refractivity contribution >= 4 is 5.82 Å². The van der Waals surface area contributed by atoms with Gasteiger partial charge in [-0.05, 0) is 38.4 Å². The van der Waals surface area contributed by atoms with E-state index in [1.165, 1.54) is 18.4 Å². The smallest absolute Gasteiger partial charge is 0.128 e. The highest BCUT2D eigenvalue weighted by molar-refractivity contribution is 5.41. The van der Waals surface area contributed by atoms with Gasteiger partial charge in [-0.2, -0.15) is 0 Å². The van der Waals surface area contributed by atoms with E-state index >= 15 is 0 Å². The molecule has 1 atom stereocenters. The highest BCUT2D eigenvalue weighted by atomic mass is 15.2. The van der Waals surface area contributed by atoms with Gasteiger partial charge < -0.3 is 10.2 Å². The van der Waals surface area contributed by atoms with E-state index < -0.39 is 0 Å². The largest absolute Gasteiger partial charge is 0.357 e. The van der Waals surface area contributed by atoms with Gasteiger partial charge in [-0.1, -0.05) is 6.07 Å². The van der Waals surface area contributed by atoms with E-state index in [0.717, 1.165) is 11.9 Å². The van der Waals surface area contributed by atoms with Crippen LogP contribution in [-0.2, 0) is 0 Å². The molecular weight excluding hydrogens is 186 g/mol. The Morgan fingerprint density at radius 2 is 2.20 bits per heavy atom. The van der Waals surface area contributed by atoms with Crippen LogP contribution in [0.1, 0.15) is 31.4 Å². The van der Waals surface area contributed by atoms with E-state index in [1.807, 2.05) is 13.2 Å². The first-order valence-corrected chi connectivity index (χ1v) is 5.58. The van der Waals surface area contributed by atoms with E-state index in [0.29, 0.717) is 6.04 Å². The SMILES string of the molecule is CNC(C)c1ccc(N(C)C2CC2)nc1. The Kier molecular flexibility index (Phi) is 2.91. The summed E-state index contributed by atoms with van der Waals surface area (Å²) >= 11 is 0. The number of pyridine rings is 1. The van der Waals surface area contributed by atoms with Crippen molar-refractivity contribution in [3.05, 3.63) is 23.9 Å². The number of aromatic nitrogens is 1. The van der Waals surface area contributed by atoms with Gasteiger partial charge in [-0.25, -0.2) is 4.98 Å². The van der Waals surface area contributed by atoms with E-state index in [4.69, 9.17) is 0 Å². The molecule has 3 nitrogen and oxygen atoms in total. The fourth-order valence-corrected chi connectivity index (χ4v) is 1.68. The summed E-state index contributed by atoms with van der Waals surface area (Å²) in [6.07, 6.45) is 4.59. The van der Waals surface area contributed by atoms with Crippen LogP contribution in [-0.4, -0.2) is 25.1 Å². The van der Waals surface area contributed by atoms with E-state index in [1.54, 1.807) is 0 Å². The minimum absolute atomic E-state index is 0.373. The van der Waals surface area contributed by atoms with Crippen LogP contribution in [0, 0.1) is 0 Å². The van der Waals surface area contributed by atoms with Gasteiger partial charge in [0.05, 0.1) is 0 Å². The molecule has 3 heteroatoms. The molecule has 0 saturated heterocycles. The molecule has 82 valence electrons. The van der Waals surface area contributed by atoms with Gasteiger partial charge in [0.2, 0.25) is 0 Å². The fourth-order valence-electron chi connectivity index (χ4n) is 1.68. The van der Waals surface area contributed by atoms with Crippen molar-refractivity contribution in [1.29, 1.82) is 0 Å². The number of hydrogen-bond donors (Lipinski definition) is 1. The first-order chi connectivity index (χ1) is 7.22. The van der Waals surface area contributed by atoms with E-state index in [9.17, 15) is 0 Å². The van der Waals surface area contributed by atoms with Crippen molar-refractivity contribution in [1.82, 2.24) is 10.3 Å². The maximum atomic E-state index is 4.49. The van der Waals surface area contributed by atoms with Crippen LogP contribution in [0.2, 0.25) is 0 Å². The van der Waals surface area contributed by atoms with E-state index in [-0.39, 0.29) is 0 Å². The molecule has 2 rings (SSSR count). The van der Waals surface area contributed by atoms with E-state index in [2.05, 4.69) is 41.3 Å². The lowest BCUT2D eigenvalue weighted by Gasteiger charge is -2.18. The minimum atomic E-state index is 0.373. The summed E-state index contributed by atoms with van der Waals surface area (Å²) in [7, 11) is 4.09. The summed E-state index contributed by atoms with van der Waals surface area (Å²) in [4.78, 5) is 6.77. The molecule has 0 aromatic carbocycles. The molecule has 0 amide bonds. The zero-order valence-electron chi connectivity index (χ0n) is 9.70. The maximum Gasteiger partial charge on any atom is 0.128 e. The number of nitrogens with zero attached hydrogens (tertiary/aromatic N) is 2. The molecule has 1 unspecified atom stereocenters. The van der Waals surface area contributed by atoms with Gasteiger partial charge in [0.15, 0.2) is 0 Å². The van der Waals surface area contributed by atoms with Gasteiger partial charge in [-0.3, -0.25) is 0 Å². The molecule has 15 heavy (non-hydrogen) atoms. The Morgan fingerprint density at radius 3 is 2.67 bits per heavy atom. The highest BCUT2D eigenvalue weighted by Gasteiger charge is 2.26. The molecule has 1 heterocycles. The molecule has 0 aliphatic heterocycles. The van der Waals surface area contributed by atoms with Crippen molar-refractivity contribution in [3.8, 4) is 0 Å². The third kappa shape index (κ3) is 2.29. The topological polar surface area (TPSA) is 28.2 Å². The van der Waals surface area contributed by atoms with Crippen molar-refractivity contribution in [2.45, 2.75) is 31.8 Å². The van der Waals surface area contributed by atoms with Gasteiger partial charge in [0, 0.05) is 25.3 Å². The first-order valence-electron chi connectivity index (χ1n) is 5.58. The third-order valence-corrected chi connectivity index (χ3v) is 3.16. The molecule has 1 saturated carbocycles. The molecule has 0 radical (unpaired) electrons. The van der Waals surface area contributed by atoms with Crippen molar-refractivity contribution in [2.75, 3.05) is 19.0 Å². The second kappa shape index (κ2) is 4.19. The molecular formula is C12H19N3. The van der Waals surface area contributed by atoms with Crippen LogP contribution in [0.3, 0.4) is 0 Å². The Balaban J connectivity index is 2.09. The van der Waals surface area contributed by atoms with Gasteiger partial charge in [0.25, 0.3) is 0 Å². The van der Waals surface area contributed by atoms with Crippen LogP contribution in [0.25, 0.3) is 0 Å². The van der Waals surface area contributed by atoms with Crippen LogP contribution >= 0.6 is 0 Å². The first kappa shape index (κ1) is 10.4. The lowest BCUT2D eigenvalue weighted by molar-refractivity contribution is 0.649. The second-order valence-corrected chi connectivity index (χ2v) is 4.30. The van der Waals surface area contributed by atoms with Crippen molar-refractivity contribution in [2.24, 2.45) is 0 Å². The van der Waals surface area contributed by atoms with Gasteiger partial charge >= 0.3 is 0 Å². The molecule has 0 spiro atoms. The lowest BCUT2D eigenvalue weighted by atomic mass is 10.1. The summed E-state index contributed by atoms with van der Waals surface area (Å²) < 4.78 is 0. The summed E-state index contributed by atoms with van der Waals surface area (Å²) in [6, 6.07) is 5.37. The Morgan fingerprint density at radius 1 is 1.47 bits per heavy atom. The molecule has 0 bridgehead atoms. The van der Waals surface area contributed by atoms with Crippen molar-refractivity contribution in [3.63, 3.8) is 0 Å². The predicted octanol–water partition coefficient (Wildman–Crippen LogP) is 1.96. The predicted molar refractivity (Wildman–Crippen MR) is 63.1 cm³/mol. The zero-order chi connectivity index (χ0) is 10.8. The summed E-state index contributed by atoms with van der Waals surface area (Å²) in [5.74, 6) is 1.09. The average Bonchev–Trinajstić information content (AvgIpc) is 3.11. The summed E-state index contributed by atoms with van der Waals surface area (Å²) in [5, 5.41) is 3.21. The van der Waals surface area contributed by atoms with Gasteiger partial charge in [-0.15, -0.1) is 0 Å². The molecule has 1 aromatic rings. The molecule has 1 aromatic heterocycles. The number of nitrogens with one attached hydrogen (secondary N) is 1. The Hall–Kier alpha value is -1.09. The molecule has 1 fully saturated rings. The quantitative estimate of drug-likeness (QED) is 0.814. The highest BCUT2D eigenvalue weighted by Crippen LogP contribution is 2.29. The number of rotatable bonds is 4. The van der Waals surface area contributed by atoms with Gasteiger partial charge in [0.1, 0.15) is 5.82 Å². The van der Waals surface area contributed by atoms with Crippen LogP contribution in [0.5, 0.6) is 0 Å². The van der Waals surface area contributed by atoms with Crippen LogP contribution < -0.4 is 10.2 Å². The Bertz CT molecular complexity index is 316. The molecule has 1 aliphatic carbocycles. The number of anilines is 1. The normalized spacial score (nSPS) is 17.5. The van der Waals surface area contributed by atoms with Crippen molar-refractivity contribution < 1.29 is 0 Å². The number of hydrogen-bond acceptors (Lipinski definition) is 3. The molecule has 1 aliphatic rings. The van der Waals surface area contributed by atoms with Crippen LogP contribution in [0.15, 0.2) is 18.3 Å². The standard InChI is InChI=1S/C12H19N3/c1-9(13-2)10-4-7-12(14-8-10)15(3)11-5-6-11/h4,7-9,11,13H,5-6H2,1-3H3. The second-order valence-electron chi connectivity index (χ2n) is 4.30. The third-order valence-electron chi connectivity index (χ3n) is 3.16. The van der Waals surface area contributed by atoms with Crippen LogP contribution in [0.4, 0.5) is 5.82 Å². The zero-order valence-corrected chi connectivity index (χ0v) is 9.70. The minimum Gasteiger partial charge on any atom is -0.357 e. The maximum absolute atomic E-state index is 4.49. The fraction of sp³-hybridized carbons (Fsp3) is 0.583.